The Bertz CT molecular complexity index is 851. The molecule has 0 aliphatic rings. The maximum absolute atomic E-state index is 12.9. The first kappa shape index (κ1) is 18.6. The van der Waals surface area contributed by atoms with E-state index in [2.05, 4.69) is 10.4 Å². The average Bonchev–Trinajstić information content (AvgIpc) is 3.20. The van der Waals surface area contributed by atoms with Crippen molar-refractivity contribution in [3.63, 3.8) is 0 Å². The van der Waals surface area contributed by atoms with Crippen molar-refractivity contribution >= 4 is 5.91 Å². The third-order valence-corrected chi connectivity index (χ3v) is 3.70. The molecule has 0 bridgehead atoms. The summed E-state index contributed by atoms with van der Waals surface area (Å²) in [6.45, 7) is 2.02. The average molecular weight is 369 g/mol. The molecule has 0 atom stereocenters. The maximum atomic E-state index is 12.9. The van der Waals surface area contributed by atoms with E-state index in [-0.39, 0.29) is 11.7 Å². The molecule has 2 aromatic carbocycles. The molecule has 7 heteroatoms. The highest BCUT2D eigenvalue weighted by molar-refractivity contribution is 5.94. The number of halogens is 1. The van der Waals surface area contributed by atoms with Crippen molar-refractivity contribution in [3.8, 4) is 11.5 Å². The van der Waals surface area contributed by atoms with Gasteiger partial charge in [0.25, 0.3) is 5.91 Å². The number of benzene rings is 2. The molecule has 0 aliphatic carbocycles. The molecule has 27 heavy (non-hydrogen) atoms. The van der Waals surface area contributed by atoms with E-state index in [0.717, 1.165) is 0 Å². The second kappa shape index (κ2) is 9.49. The zero-order valence-corrected chi connectivity index (χ0v) is 14.7. The van der Waals surface area contributed by atoms with Gasteiger partial charge in [-0.2, -0.15) is 5.10 Å². The van der Waals surface area contributed by atoms with Crippen molar-refractivity contribution in [1.29, 1.82) is 0 Å². The van der Waals surface area contributed by atoms with Gasteiger partial charge < -0.3 is 14.8 Å². The van der Waals surface area contributed by atoms with E-state index < -0.39 is 0 Å². The summed E-state index contributed by atoms with van der Waals surface area (Å²) in [4.78, 5) is 12.2. The Morgan fingerprint density at radius 1 is 1.07 bits per heavy atom. The van der Waals surface area contributed by atoms with Crippen LogP contribution in [0.1, 0.15) is 10.4 Å². The van der Waals surface area contributed by atoms with Gasteiger partial charge in [-0.3, -0.25) is 9.48 Å². The molecule has 3 aromatic rings. The van der Waals surface area contributed by atoms with Crippen LogP contribution in [0.15, 0.2) is 67.0 Å². The standard InChI is InChI=1S/C20H20FN3O3/c21-17-5-7-18(8-6-17)27-19-4-1-3-16(15-19)20(25)22-10-13-26-14-12-24-11-2-9-23-24/h1-9,11,15H,10,12-14H2,(H,22,25). The van der Waals surface area contributed by atoms with Crippen molar-refractivity contribution in [1.82, 2.24) is 15.1 Å². The zero-order chi connectivity index (χ0) is 18.9. The van der Waals surface area contributed by atoms with Gasteiger partial charge in [0.2, 0.25) is 0 Å². The van der Waals surface area contributed by atoms with Crippen LogP contribution >= 0.6 is 0 Å². The Morgan fingerprint density at radius 2 is 1.93 bits per heavy atom. The summed E-state index contributed by atoms with van der Waals surface area (Å²) in [6.07, 6.45) is 3.58. The molecular formula is C20H20FN3O3. The second-order valence-electron chi connectivity index (χ2n) is 5.72. The number of hydrogen-bond donors (Lipinski definition) is 1. The third-order valence-electron chi connectivity index (χ3n) is 3.70. The van der Waals surface area contributed by atoms with Crippen molar-refractivity contribution in [2.24, 2.45) is 0 Å². The van der Waals surface area contributed by atoms with E-state index in [1.807, 2.05) is 12.3 Å². The lowest BCUT2D eigenvalue weighted by molar-refractivity contribution is 0.0906. The molecule has 0 unspecified atom stereocenters. The minimum atomic E-state index is -0.331. The predicted molar refractivity (Wildman–Crippen MR) is 98.3 cm³/mol. The van der Waals surface area contributed by atoms with Gasteiger partial charge in [-0.05, 0) is 48.5 Å². The topological polar surface area (TPSA) is 65.4 Å². The molecule has 0 spiro atoms. The van der Waals surface area contributed by atoms with Crippen LogP contribution in [0, 0.1) is 5.82 Å². The van der Waals surface area contributed by atoms with Gasteiger partial charge in [0, 0.05) is 24.5 Å². The van der Waals surface area contributed by atoms with Gasteiger partial charge in [-0.25, -0.2) is 4.39 Å². The highest BCUT2D eigenvalue weighted by atomic mass is 19.1. The fourth-order valence-electron chi connectivity index (χ4n) is 2.37. The molecule has 0 saturated carbocycles. The fourth-order valence-corrected chi connectivity index (χ4v) is 2.37. The Labute approximate surface area is 156 Å². The van der Waals surface area contributed by atoms with E-state index >= 15 is 0 Å². The molecule has 1 heterocycles. The van der Waals surface area contributed by atoms with Crippen molar-refractivity contribution in [2.45, 2.75) is 6.54 Å². The van der Waals surface area contributed by atoms with E-state index in [4.69, 9.17) is 9.47 Å². The molecule has 0 fully saturated rings. The molecule has 0 saturated heterocycles. The number of carbonyl (C=O) groups is 1. The second-order valence-corrected chi connectivity index (χ2v) is 5.72. The van der Waals surface area contributed by atoms with Gasteiger partial charge in [0.1, 0.15) is 17.3 Å². The number of amides is 1. The van der Waals surface area contributed by atoms with Crippen molar-refractivity contribution < 1.29 is 18.7 Å². The number of aromatic nitrogens is 2. The first-order valence-electron chi connectivity index (χ1n) is 8.57. The summed E-state index contributed by atoms with van der Waals surface area (Å²) in [7, 11) is 0. The van der Waals surface area contributed by atoms with E-state index in [0.29, 0.717) is 43.4 Å². The summed E-state index contributed by atoms with van der Waals surface area (Å²) in [6, 6.07) is 14.4. The number of ether oxygens (including phenoxy) is 2. The third kappa shape index (κ3) is 5.93. The molecule has 140 valence electrons. The molecular weight excluding hydrogens is 349 g/mol. The Morgan fingerprint density at radius 3 is 2.70 bits per heavy atom. The van der Waals surface area contributed by atoms with Gasteiger partial charge in [0.05, 0.1) is 19.8 Å². The van der Waals surface area contributed by atoms with Crippen LogP contribution in [0.5, 0.6) is 11.5 Å². The van der Waals surface area contributed by atoms with E-state index in [9.17, 15) is 9.18 Å². The highest BCUT2D eigenvalue weighted by Crippen LogP contribution is 2.22. The quantitative estimate of drug-likeness (QED) is 0.588. The zero-order valence-electron chi connectivity index (χ0n) is 14.7. The predicted octanol–water partition coefficient (Wildman–Crippen LogP) is 3.26. The Hall–Kier alpha value is -3.19. The van der Waals surface area contributed by atoms with Crippen LogP contribution in [-0.2, 0) is 11.3 Å². The van der Waals surface area contributed by atoms with Gasteiger partial charge in [-0.1, -0.05) is 6.07 Å². The largest absolute Gasteiger partial charge is 0.457 e. The molecule has 3 rings (SSSR count). The lowest BCUT2D eigenvalue weighted by atomic mass is 10.2. The van der Waals surface area contributed by atoms with Gasteiger partial charge >= 0.3 is 0 Å². The minimum absolute atomic E-state index is 0.213. The van der Waals surface area contributed by atoms with Gasteiger partial charge in [0.15, 0.2) is 0 Å². The van der Waals surface area contributed by atoms with Crippen LogP contribution in [0.25, 0.3) is 0 Å². The summed E-state index contributed by atoms with van der Waals surface area (Å²) in [5, 5.41) is 6.88. The van der Waals surface area contributed by atoms with Gasteiger partial charge in [-0.15, -0.1) is 0 Å². The lowest BCUT2D eigenvalue weighted by Gasteiger charge is -2.09. The molecule has 1 N–H and O–H groups in total. The normalized spacial score (nSPS) is 10.6. The number of nitrogens with zero attached hydrogens (tertiary/aromatic N) is 2. The summed E-state index contributed by atoms with van der Waals surface area (Å²) in [5.74, 6) is 0.460. The molecule has 0 radical (unpaired) electrons. The van der Waals surface area contributed by atoms with Crippen LogP contribution in [0.3, 0.4) is 0 Å². The van der Waals surface area contributed by atoms with Crippen LogP contribution in [-0.4, -0.2) is 35.4 Å². The Kier molecular flexibility index (Phi) is 6.54. The molecule has 1 amide bonds. The molecule has 6 nitrogen and oxygen atoms in total. The smallest absolute Gasteiger partial charge is 0.251 e. The lowest BCUT2D eigenvalue weighted by Crippen LogP contribution is -2.27. The highest BCUT2D eigenvalue weighted by Gasteiger charge is 2.07. The number of carbonyl (C=O) groups excluding carboxylic acids is 1. The maximum Gasteiger partial charge on any atom is 0.251 e. The summed E-state index contributed by atoms with van der Waals surface area (Å²) < 4.78 is 25.8. The first-order valence-corrected chi connectivity index (χ1v) is 8.57. The molecule has 0 aliphatic heterocycles. The first-order chi connectivity index (χ1) is 13.2. The summed E-state index contributed by atoms with van der Waals surface area (Å²) in [5.41, 5.74) is 0.478. The molecule has 1 aromatic heterocycles. The van der Waals surface area contributed by atoms with Crippen LogP contribution in [0.2, 0.25) is 0 Å². The Balaban J connectivity index is 1.42. The van der Waals surface area contributed by atoms with Crippen molar-refractivity contribution in [3.05, 3.63) is 78.4 Å². The summed E-state index contributed by atoms with van der Waals surface area (Å²) >= 11 is 0. The van der Waals surface area contributed by atoms with Crippen molar-refractivity contribution in [2.75, 3.05) is 19.8 Å². The van der Waals surface area contributed by atoms with E-state index in [1.54, 1.807) is 35.1 Å². The van der Waals surface area contributed by atoms with Crippen LogP contribution in [0.4, 0.5) is 4.39 Å². The number of hydrogen-bond acceptors (Lipinski definition) is 4. The fraction of sp³-hybridized carbons (Fsp3) is 0.200. The SMILES string of the molecule is O=C(NCCOCCn1cccn1)c1cccc(Oc2ccc(F)cc2)c1. The number of rotatable bonds is 9. The van der Waals surface area contributed by atoms with Crippen LogP contribution < -0.4 is 10.1 Å². The van der Waals surface area contributed by atoms with E-state index in [1.165, 1.54) is 24.3 Å². The minimum Gasteiger partial charge on any atom is -0.457 e. The number of nitrogens with one attached hydrogen (secondary N) is 1. The monoisotopic (exact) mass is 369 g/mol.